The van der Waals surface area contributed by atoms with Crippen LogP contribution >= 0.6 is 11.8 Å². The Morgan fingerprint density at radius 2 is 1.71 bits per heavy atom. The van der Waals surface area contributed by atoms with E-state index in [4.69, 9.17) is 0 Å². The van der Waals surface area contributed by atoms with Crippen LogP contribution in [-0.4, -0.2) is 14.8 Å². The average Bonchev–Trinajstić information content (AvgIpc) is 2.94. The van der Waals surface area contributed by atoms with Gasteiger partial charge in [0.2, 0.25) is 5.16 Å². The number of hydrogen-bond acceptors (Lipinski definition) is 3. The van der Waals surface area contributed by atoms with Crippen LogP contribution in [-0.2, 0) is 5.75 Å². The molecule has 0 N–H and O–H groups in total. The summed E-state index contributed by atoms with van der Waals surface area (Å²) in [5, 5.41) is 5.31. The van der Waals surface area contributed by atoms with Crippen molar-refractivity contribution in [2.45, 2.75) is 24.8 Å². The molecule has 0 bridgehead atoms. The van der Waals surface area contributed by atoms with Gasteiger partial charge in [0.05, 0.1) is 5.69 Å². The molecule has 3 aromatic rings. The molecule has 106 valence electrons. The van der Waals surface area contributed by atoms with E-state index in [9.17, 15) is 0 Å². The molecule has 0 amide bonds. The van der Waals surface area contributed by atoms with Crippen LogP contribution in [0.25, 0.3) is 5.69 Å². The second-order valence-electron chi connectivity index (χ2n) is 5.09. The SMILES string of the molecule is Cc1cc(C)cc(CSc2ncn(-c3ccccc3)n2)c1. The number of para-hydroxylation sites is 1. The molecule has 0 saturated heterocycles. The normalized spacial score (nSPS) is 10.8. The molecule has 3 nitrogen and oxygen atoms in total. The van der Waals surface area contributed by atoms with E-state index in [1.54, 1.807) is 18.1 Å². The first kappa shape index (κ1) is 13.9. The average molecular weight is 295 g/mol. The fourth-order valence-electron chi connectivity index (χ4n) is 2.32. The van der Waals surface area contributed by atoms with Crippen molar-refractivity contribution in [2.24, 2.45) is 0 Å². The van der Waals surface area contributed by atoms with Gasteiger partial charge < -0.3 is 0 Å². The quantitative estimate of drug-likeness (QED) is 0.677. The molecule has 0 unspecified atom stereocenters. The van der Waals surface area contributed by atoms with Gasteiger partial charge in [0.25, 0.3) is 0 Å². The number of benzene rings is 2. The van der Waals surface area contributed by atoms with E-state index in [1.165, 1.54) is 16.7 Å². The molecule has 2 aromatic carbocycles. The van der Waals surface area contributed by atoms with Gasteiger partial charge in [-0.2, -0.15) is 0 Å². The van der Waals surface area contributed by atoms with E-state index in [0.29, 0.717) is 0 Å². The molecule has 3 rings (SSSR count). The lowest BCUT2D eigenvalue weighted by Crippen LogP contribution is -1.93. The summed E-state index contributed by atoms with van der Waals surface area (Å²) < 4.78 is 1.81. The van der Waals surface area contributed by atoms with Crippen molar-refractivity contribution in [2.75, 3.05) is 0 Å². The first-order chi connectivity index (χ1) is 10.2. The van der Waals surface area contributed by atoms with Gasteiger partial charge in [-0.15, -0.1) is 5.10 Å². The zero-order valence-corrected chi connectivity index (χ0v) is 13.0. The minimum Gasteiger partial charge on any atom is -0.220 e. The third-order valence-corrected chi connectivity index (χ3v) is 4.06. The van der Waals surface area contributed by atoms with Gasteiger partial charge in [0.15, 0.2) is 0 Å². The molecule has 0 radical (unpaired) electrons. The van der Waals surface area contributed by atoms with Gasteiger partial charge in [-0.05, 0) is 31.5 Å². The van der Waals surface area contributed by atoms with Crippen LogP contribution in [0.4, 0.5) is 0 Å². The predicted molar refractivity (Wildman–Crippen MR) is 86.8 cm³/mol. The van der Waals surface area contributed by atoms with Crippen molar-refractivity contribution in [3.8, 4) is 5.69 Å². The summed E-state index contributed by atoms with van der Waals surface area (Å²) in [6, 6.07) is 16.7. The van der Waals surface area contributed by atoms with E-state index < -0.39 is 0 Å². The number of thioether (sulfide) groups is 1. The second-order valence-corrected chi connectivity index (χ2v) is 6.03. The minimum atomic E-state index is 0.804. The van der Waals surface area contributed by atoms with Crippen LogP contribution in [0.1, 0.15) is 16.7 Å². The van der Waals surface area contributed by atoms with Crippen molar-refractivity contribution < 1.29 is 0 Å². The first-order valence-corrected chi connectivity index (χ1v) is 7.86. The molecule has 1 aromatic heterocycles. The maximum absolute atomic E-state index is 4.51. The van der Waals surface area contributed by atoms with Gasteiger partial charge in [-0.25, -0.2) is 9.67 Å². The van der Waals surface area contributed by atoms with Crippen LogP contribution in [0.3, 0.4) is 0 Å². The van der Waals surface area contributed by atoms with Crippen LogP contribution in [0.5, 0.6) is 0 Å². The Hall–Kier alpha value is -2.07. The summed E-state index contributed by atoms with van der Waals surface area (Å²) in [5.74, 6) is 0.890. The van der Waals surface area contributed by atoms with Crippen LogP contribution < -0.4 is 0 Å². The molecular weight excluding hydrogens is 278 g/mol. The third kappa shape index (κ3) is 3.52. The molecule has 0 atom stereocenters. The van der Waals surface area contributed by atoms with Crippen LogP contribution in [0.2, 0.25) is 0 Å². The van der Waals surface area contributed by atoms with E-state index in [2.05, 4.69) is 42.1 Å². The second kappa shape index (κ2) is 6.14. The highest BCUT2D eigenvalue weighted by Crippen LogP contribution is 2.21. The van der Waals surface area contributed by atoms with Crippen molar-refractivity contribution in [1.82, 2.24) is 14.8 Å². The fraction of sp³-hybridized carbons (Fsp3) is 0.176. The summed E-state index contributed by atoms with van der Waals surface area (Å²) in [5.41, 5.74) is 4.94. The Morgan fingerprint density at radius 3 is 2.43 bits per heavy atom. The minimum absolute atomic E-state index is 0.804. The Labute approximate surface area is 129 Å². The molecule has 0 aliphatic heterocycles. The molecule has 0 fully saturated rings. The van der Waals surface area contributed by atoms with E-state index in [-0.39, 0.29) is 0 Å². The summed E-state index contributed by atoms with van der Waals surface area (Å²) in [6.07, 6.45) is 1.76. The Kier molecular flexibility index (Phi) is 4.06. The highest BCUT2D eigenvalue weighted by Gasteiger charge is 2.04. The van der Waals surface area contributed by atoms with Gasteiger partial charge in [0, 0.05) is 5.75 Å². The van der Waals surface area contributed by atoms with E-state index >= 15 is 0 Å². The first-order valence-electron chi connectivity index (χ1n) is 6.88. The number of aromatic nitrogens is 3. The summed E-state index contributed by atoms with van der Waals surface area (Å²) >= 11 is 1.66. The maximum Gasteiger partial charge on any atom is 0.209 e. The van der Waals surface area contributed by atoms with Crippen molar-refractivity contribution in [1.29, 1.82) is 0 Å². The highest BCUT2D eigenvalue weighted by atomic mass is 32.2. The van der Waals surface area contributed by atoms with Gasteiger partial charge in [-0.1, -0.05) is 59.3 Å². The molecular formula is C17H17N3S. The Morgan fingerprint density at radius 1 is 1.00 bits per heavy atom. The smallest absolute Gasteiger partial charge is 0.209 e. The number of rotatable bonds is 4. The molecule has 0 aliphatic rings. The number of aryl methyl sites for hydroxylation is 2. The number of hydrogen-bond donors (Lipinski definition) is 0. The molecule has 0 saturated carbocycles. The Bertz CT molecular complexity index is 715. The lowest BCUT2D eigenvalue weighted by atomic mass is 10.1. The lowest BCUT2D eigenvalue weighted by Gasteiger charge is -2.03. The fourth-order valence-corrected chi connectivity index (χ4v) is 3.05. The predicted octanol–water partition coefficient (Wildman–Crippen LogP) is 4.18. The summed E-state index contributed by atoms with van der Waals surface area (Å²) in [7, 11) is 0. The summed E-state index contributed by atoms with van der Waals surface area (Å²) in [6.45, 7) is 4.26. The Balaban J connectivity index is 1.70. The molecule has 21 heavy (non-hydrogen) atoms. The van der Waals surface area contributed by atoms with Gasteiger partial charge in [-0.3, -0.25) is 0 Å². The van der Waals surface area contributed by atoms with Crippen molar-refractivity contribution in [3.63, 3.8) is 0 Å². The van der Waals surface area contributed by atoms with Crippen LogP contribution in [0, 0.1) is 13.8 Å². The zero-order chi connectivity index (χ0) is 14.7. The standard InChI is InChI=1S/C17H17N3S/c1-13-8-14(2)10-15(9-13)11-21-17-18-12-20(19-17)16-6-4-3-5-7-16/h3-10,12H,11H2,1-2H3. The lowest BCUT2D eigenvalue weighted by molar-refractivity contribution is 0.834. The van der Waals surface area contributed by atoms with Crippen molar-refractivity contribution >= 4 is 11.8 Å². The van der Waals surface area contributed by atoms with Crippen LogP contribution in [0.15, 0.2) is 60.0 Å². The largest absolute Gasteiger partial charge is 0.220 e. The van der Waals surface area contributed by atoms with E-state index in [0.717, 1.165) is 16.6 Å². The van der Waals surface area contributed by atoms with Gasteiger partial charge in [0.1, 0.15) is 6.33 Å². The zero-order valence-electron chi connectivity index (χ0n) is 12.2. The molecule has 0 aliphatic carbocycles. The highest BCUT2D eigenvalue weighted by molar-refractivity contribution is 7.98. The third-order valence-electron chi connectivity index (χ3n) is 3.14. The molecule has 0 spiro atoms. The topological polar surface area (TPSA) is 30.7 Å². The van der Waals surface area contributed by atoms with Gasteiger partial charge >= 0.3 is 0 Å². The number of nitrogens with zero attached hydrogens (tertiary/aromatic N) is 3. The maximum atomic E-state index is 4.51. The van der Waals surface area contributed by atoms with E-state index in [1.807, 2.05) is 35.0 Å². The molecule has 4 heteroatoms. The summed E-state index contributed by atoms with van der Waals surface area (Å²) in [4.78, 5) is 4.37. The molecule has 1 heterocycles. The van der Waals surface area contributed by atoms with Crippen molar-refractivity contribution in [3.05, 3.63) is 71.5 Å². The monoisotopic (exact) mass is 295 g/mol.